The summed E-state index contributed by atoms with van der Waals surface area (Å²) in [6.45, 7) is 1.31. The molecule has 0 atom stereocenters. The number of carbonyl (C=O) groups is 2. The Bertz CT molecular complexity index is 880. The molecule has 0 radical (unpaired) electrons. The molecule has 8 heteroatoms. The van der Waals surface area contributed by atoms with Gasteiger partial charge in [0.1, 0.15) is 5.82 Å². The van der Waals surface area contributed by atoms with E-state index in [0.717, 1.165) is 24.3 Å². The molecule has 0 aliphatic carbocycles. The van der Waals surface area contributed by atoms with Gasteiger partial charge in [-0.2, -0.15) is 0 Å². The zero-order valence-corrected chi connectivity index (χ0v) is 14.3. The summed E-state index contributed by atoms with van der Waals surface area (Å²) in [6, 6.07) is 10.8. The normalized spacial score (nSPS) is 11.1. The van der Waals surface area contributed by atoms with E-state index in [9.17, 15) is 22.4 Å². The fourth-order valence-electron chi connectivity index (χ4n) is 2.04. The summed E-state index contributed by atoms with van der Waals surface area (Å²) in [6.07, 6.45) is -0.0925. The maximum Gasteiger partial charge on any atom is 0.240 e. The number of carbonyl (C=O) groups excluding carboxylic acids is 2. The minimum atomic E-state index is -3.80. The summed E-state index contributed by atoms with van der Waals surface area (Å²) in [5.41, 5.74) is 0.925. The topological polar surface area (TPSA) is 92.3 Å². The van der Waals surface area contributed by atoms with E-state index in [1.807, 2.05) is 0 Å². The molecule has 0 saturated carbocycles. The third-order valence-corrected chi connectivity index (χ3v) is 4.80. The lowest BCUT2D eigenvalue weighted by molar-refractivity contribution is -0.116. The molecule has 0 aliphatic heterocycles. The highest BCUT2D eigenvalue weighted by molar-refractivity contribution is 7.89. The second kappa shape index (κ2) is 8.00. The Morgan fingerprint density at radius 1 is 1.08 bits per heavy atom. The van der Waals surface area contributed by atoms with Gasteiger partial charge in [-0.05, 0) is 43.3 Å². The van der Waals surface area contributed by atoms with E-state index < -0.39 is 21.7 Å². The molecular formula is C17H17FN2O4S. The second-order valence-corrected chi connectivity index (χ2v) is 7.05. The van der Waals surface area contributed by atoms with Gasteiger partial charge in [-0.3, -0.25) is 9.59 Å². The van der Waals surface area contributed by atoms with E-state index in [-0.39, 0.29) is 23.6 Å². The number of anilines is 1. The van der Waals surface area contributed by atoms with Crippen molar-refractivity contribution in [3.63, 3.8) is 0 Å². The number of nitrogens with one attached hydrogen (secondary N) is 2. The zero-order chi connectivity index (χ0) is 18.4. The van der Waals surface area contributed by atoms with Crippen LogP contribution < -0.4 is 10.0 Å². The van der Waals surface area contributed by atoms with Crippen LogP contribution in [0.3, 0.4) is 0 Å². The fourth-order valence-corrected chi connectivity index (χ4v) is 3.07. The van der Waals surface area contributed by atoms with Crippen molar-refractivity contribution in [2.45, 2.75) is 18.2 Å². The predicted molar refractivity (Wildman–Crippen MR) is 91.3 cm³/mol. The SMILES string of the molecule is CC(=O)c1cccc(NC(=O)CCNS(=O)(=O)c2ccc(F)cc2)c1. The third kappa shape index (κ3) is 5.47. The number of Topliss-reactive ketones (excluding diaryl/α,β-unsaturated/α-hetero) is 1. The molecule has 2 aromatic carbocycles. The quantitative estimate of drug-likeness (QED) is 0.738. The largest absolute Gasteiger partial charge is 0.326 e. The molecule has 2 rings (SSSR count). The number of rotatable bonds is 7. The minimum absolute atomic E-state index is 0.0801. The van der Waals surface area contributed by atoms with Crippen molar-refractivity contribution >= 4 is 27.4 Å². The van der Waals surface area contributed by atoms with E-state index in [0.29, 0.717) is 11.3 Å². The first-order valence-electron chi connectivity index (χ1n) is 7.44. The molecule has 25 heavy (non-hydrogen) atoms. The van der Waals surface area contributed by atoms with Crippen LogP contribution in [-0.4, -0.2) is 26.7 Å². The minimum Gasteiger partial charge on any atom is -0.326 e. The van der Waals surface area contributed by atoms with Crippen LogP contribution in [0.1, 0.15) is 23.7 Å². The molecule has 0 heterocycles. The monoisotopic (exact) mass is 364 g/mol. The first-order chi connectivity index (χ1) is 11.8. The summed E-state index contributed by atoms with van der Waals surface area (Å²) in [5.74, 6) is -1.06. The summed E-state index contributed by atoms with van der Waals surface area (Å²) < 4.78 is 39.1. The maximum atomic E-state index is 12.8. The van der Waals surface area contributed by atoms with Crippen molar-refractivity contribution in [1.29, 1.82) is 0 Å². The van der Waals surface area contributed by atoms with Gasteiger partial charge in [-0.25, -0.2) is 17.5 Å². The van der Waals surface area contributed by atoms with Crippen molar-refractivity contribution in [1.82, 2.24) is 4.72 Å². The van der Waals surface area contributed by atoms with Gasteiger partial charge in [0.05, 0.1) is 4.90 Å². The maximum absolute atomic E-state index is 12.8. The molecule has 0 aliphatic rings. The Morgan fingerprint density at radius 3 is 2.40 bits per heavy atom. The molecule has 2 N–H and O–H groups in total. The molecule has 0 fully saturated rings. The Kier molecular flexibility index (Phi) is 6.00. The molecule has 132 valence electrons. The Balaban J connectivity index is 1.89. The number of halogens is 1. The smallest absolute Gasteiger partial charge is 0.240 e. The Labute approximate surface area is 145 Å². The van der Waals surface area contributed by atoms with Crippen molar-refractivity contribution in [3.05, 3.63) is 59.9 Å². The van der Waals surface area contributed by atoms with Crippen LogP contribution in [-0.2, 0) is 14.8 Å². The predicted octanol–water partition coefficient (Wildman–Crippen LogP) is 2.34. The number of ketones is 1. The average molecular weight is 364 g/mol. The number of benzene rings is 2. The van der Waals surface area contributed by atoms with Crippen LogP contribution in [0.25, 0.3) is 0 Å². The Hall–Kier alpha value is -2.58. The second-order valence-electron chi connectivity index (χ2n) is 5.29. The van der Waals surface area contributed by atoms with E-state index in [2.05, 4.69) is 10.0 Å². The number of amides is 1. The number of hydrogen-bond donors (Lipinski definition) is 2. The van der Waals surface area contributed by atoms with Crippen LogP contribution in [0.15, 0.2) is 53.4 Å². The highest BCUT2D eigenvalue weighted by Crippen LogP contribution is 2.12. The highest BCUT2D eigenvalue weighted by atomic mass is 32.2. The van der Waals surface area contributed by atoms with Crippen LogP contribution in [0.5, 0.6) is 0 Å². The molecular weight excluding hydrogens is 347 g/mol. The average Bonchev–Trinajstić information content (AvgIpc) is 2.55. The molecule has 1 amide bonds. The van der Waals surface area contributed by atoms with Gasteiger partial charge in [-0.1, -0.05) is 12.1 Å². The molecule has 0 aromatic heterocycles. The number of sulfonamides is 1. The van der Waals surface area contributed by atoms with E-state index in [1.54, 1.807) is 24.3 Å². The zero-order valence-electron chi connectivity index (χ0n) is 13.5. The summed E-state index contributed by atoms with van der Waals surface area (Å²) in [7, 11) is -3.80. The first kappa shape index (κ1) is 18.8. The lowest BCUT2D eigenvalue weighted by atomic mass is 10.1. The van der Waals surface area contributed by atoms with E-state index in [1.165, 1.54) is 6.92 Å². The van der Waals surface area contributed by atoms with Crippen LogP contribution in [0.2, 0.25) is 0 Å². The standard InChI is InChI=1S/C17H17FN2O4S/c1-12(21)13-3-2-4-15(11-13)20-17(22)9-10-19-25(23,24)16-7-5-14(18)6-8-16/h2-8,11,19H,9-10H2,1H3,(H,20,22). The van der Waals surface area contributed by atoms with Crippen molar-refractivity contribution in [3.8, 4) is 0 Å². The lowest BCUT2D eigenvalue weighted by Crippen LogP contribution is -2.27. The summed E-state index contributed by atoms with van der Waals surface area (Å²) in [5, 5.41) is 2.60. The lowest BCUT2D eigenvalue weighted by Gasteiger charge is -2.08. The summed E-state index contributed by atoms with van der Waals surface area (Å²) in [4.78, 5) is 23.1. The van der Waals surface area contributed by atoms with E-state index >= 15 is 0 Å². The molecule has 0 unspecified atom stereocenters. The van der Waals surface area contributed by atoms with Crippen molar-refractivity contribution in [2.24, 2.45) is 0 Å². The fraction of sp³-hybridized carbons (Fsp3) is 0.176. The van der Waals surface area contributed by atoms with E-state index in [4.69, 9.17) is 0 Å². The van der Waals surface area contributed by atoms with Crippen molar-refractivity contribution < 1.29 is 22.4 Å². The Morgan fingerprint density at radius 2 is 1.76 bits per heavy atom. The first-order valence-corrected chi connectivity index (χ1v) is 8.92. The van der Waals surface area contributed by atoms with Gasteiger partial charge in [0.15, 0.2) is 5.78 Å². The van der Waals surface area contributed by atoms with Gasteiger partial charge in [-0.15, -0.1) is 0 Å². The van der Waals surface area contributed by atoms with Gasteiger partial charge in [0.2, 0.25) is 15.9 Å². The molecule has 0 saturated heterocycles. The molecule has 2 aromatic rings. The molecule has 0 spiro atoms. The van der Waals surface area contributed by atoms with Gasteiger partial charge in [0.25, 0.3) is 0 Å². The van der Waals surface area contributed by atoms with Gasteiger partial charge >= 0.3 is 0 Å². The highest BCUT2D eigenvalue weighted by Gasteiger charge is 2.14. The summed E-state index contributed by atoms with van der Waals surface area (Å²) >= 11 is 0. The molecule has 0 bridgehead atoms. The van der Waals surface area contributed by atoms with Gasteiger partial charge in [0, 0.05) is 24.2 Å². The molecule has 6 nitrogen and oxygen atoms in total. The van der Waals surface area contributed by atoms with Crippen LogP contribution >= 0.6 is 0 Å². The van der Waals surface area contributed by atoms with Crippen LogP contribution in [0, 0.1) is 5.82 Å². The third-order valence-electron chi connectivity index (χ3n) is 3.32. The van der Waals surface area contributed by atoms with Gasteiger partial charge < -0.3 is 5.32 Å². The number of hydrogen-bond acceptors (Lipinski definition) is 4. The van der Waals surface area contributed by atoms with Crippen LogP contribution in [0.4, 0.5) is 10.1 Å². The van der Waals surface area contributed by atoms with Crippen molar-refractivity contribution in [2.75, 3.05) is 11.9 Å².